The molecule has 1 atom stereocenters. The Hall–Kier alpha value is -2.63. The van der Waals surface area contributed by atoms with Gasteiger partial charge in [-0.2, -0.15) is 5.26 Å². The van der Waals surface area contributed by atoms with Gasteiger partial charge in [0.2, 0.25) is 0 Å². The summed E-state index contributed by atoms with van der Waals surface area (Å²) in [5, 5.41) is 11.5. The molecule has 2 nitrogen and oxygen atoms in total. The van der Waals surface area contributed by atoms with E-state index < -0.39 is 0 Å². The van der Waals surface area contributed by atoms with Crippen molar-refractivity contribution in [3.05, 3.63) is 71.8 Å². The molecule has 1 saturated heterocycles. The number of nitriles is 1. The fourth-order valence-corrected chi connectivity index (χ4v) is 4.13. The minimum absolute atomic E-state index is 0.701. The van der Waals surface area contributed by atoms with E-state index in [1.165, 1.54) is 47.7 Å². The lowest BCUT2D eigenvalue weighted by molar-refractivity contribution is 0.163. The third kappa shape index (κ3) is 4.04. The number of benzene rings is 3. The van der Waals surface area contributed by atoms with E-state index in [2.05, 4.69) is 54.3 Å². The van der Waals surface area contributed by atoms with Crippen LogP contribution in [-0.2, 0) is 6.42 Å². The minimum atomic E-state index is 0.701. The van der Waals surface area contributed by atoms with Crippen LogP contribution < -0.4 is 0 Å². The third-order valence-corrected chi connectivity index (χ3v) is 5.88. The number of likely N-dealkylation sites (tertiary alicyclic amines) is 1. The summed E-state index contributed by atoms with van der Waals surface area (Å²) in [6.45, 7) is 4.78. The van der Waals surface area contributed by atoms with Crippen LogP contribution in [0.1, 0.15) is 37.3 Å². The van der Waals surface area contributed by atoms with Gasteiger partial charge in [0.1, 0.15) is 0 Å². The third-order valence-electron chi connectivity index (χ3n) is 5.88. The van der Waals surface area contributed by atoms with Gasteiger partial charge in [0.05, 0.1) is 11.6 Å². The zero-order valence-corrected chi connectivity index (χ0v) is 16.0. The largest absolute Gasteiger partial charge is 0.300 e. The van der Waals surface area contributed by atoms with E-state index in [1.807, 2.05) is 24.3 Å². The Morgan fingerprint density at radius 2 is 1.67 bits per heavy atom. The average molecular weight is 354 g/mol. The van der Waals surface area contributed by atoms with Crippen LogP contribution in [0.2, 0.25) is 0 Å². The Bertz CT molecular complexity index is 966. The van der Waals surface area contributed by atoms with Crippen molar-refractivity contribution in [2.45, 2.75) is 38.6 Å². The second-order valence-electron chi connectivity index (χ2n) is 7.72. The molecule has 27 heavy (non-hydrogen) atoms. The molecule has 0 radical (unpaired) electrons. The zero-order chi connectivity index (χ0) is 18.6. The SMILES string of the molecule is CC1CCCCN1CCc1ccc2cc(-c3ccc(C#N)cc3)ccc2c1. The number of piperidine rings is 1. The van der Waals surface area contributed by atoms with Crippen LogP contribution in [-0.4, -0.2) is 24.0 Å². The smallest absolute Gasteiger partial charge is 0.0991 e. The van der Waals surface area contributed by atoms with Gasteiger partial charge in [0, 0.05) is 12.6 Å². The number of fused-ring (bicyclic) bond motifs is 1. The summed E-state index contributed by atoms with van der Waals surface area (Å²) in [5.41, 5.74) is 4.47. The summed E-state index contributed by atoms with van der Waals surface area (Å²) >= 11 is 0. The van der Waals surface area contributed by atoms with Crippen molar-refractivity contribution in [1.29, 1.82) is 5.26 Å². The van der Waals surface area contributed by atoms with E-state index in [1.54, 1.807) is 0 Å². The van der Waals surface area contributed by atoms with Crippen molar-refractivity contribution in [3.63, 3.8) is 0 Å². The highest BCUT2D eigenvalue weighted by Gasteiger charge is 2.17. The van der Waals surface area contributed by atoms with Crippen molar-refractivity contribution in [3.8, 4) is 17.2 Å². The number of rotatable bonds is 4. The maximum atomic E-state index is 8.95. The highest BCUT2D eigenvalue weighted by molar-refractivity contribution is 5.87. The number of nitrogens with zero attached hydrogens (tertiary/aromatic N) is 2. The quantitative estimate of drug-likeness (QED) is 0.592. The van der Waals surface area contributed by atoms with Crippen LogP contribution in [0.3, 0.4) is 0 Å². The number of hydrogen-bond donors (Lipinski definition) is 0. The van der Waals surface area contributed by atoms with Gasteiger partial charge in [0.15, 0.2) is 0 Å². The van der Waals surface area contributed by atoms with Gasteiger partial charge in [-0.1, -0.05) is 48.9 Å². The van der Waals surface area contributed by atoms with Crippen molar-refractivity contribution >= 4 is 10.8 Å². The van der Waals surface area contributed by atoms with Gasteiger partial charge in [-0.15, -0.1) is 0 Å². The summed E-state index contributed by atoms with van der Waals surface area (Å²) < 4.78 is 0. The van der Waals surface area contributed by atoms with Gasteiger partial charge in [-0.05, 0) is 78.4 Å². The topological polar surface area (TPSA) is 27.0 Å². The molecule has 0 aliphatic carbocycles. The van der Waals surface area contributed by atoms with Gasteiger partial charge in [0.25, 0.3) is 0 Å². The molecule has 0 saturated carbocycles. The molecular weight excluding hydrogens is 328 g/mol. The Balaban J connectivity index is 1.50. The molecule has 1 fully saturated rings. The van der Waals surface area contributed by atoms with Crippen LogP contribution in [0.5, 0.6) is 0 Å². The molecule has 3 aromatic carbocycles. The van der Waals surface area contributed by atoms with Crippen molar-refractivity contribution in [2.24, 2.45) is 0 Å². The molecule has 3 aromatic rings. The Morgan fingerprint density at radius 1 is 0.926 bits per heavy atom. The van der Waals surface area contributed by atoms with Gasteiger partial charge < -0.3 is 4.90 Å². The molecule has 136 valence electrons. The fourth-order valence-electron chi connectivity index (χ4n) is 4.13. The van der Waals surface area contributed by atoms with E-state index in [4.69, 9.17) is 5.26 Å². The average Bonchev–Trinajstić information content (AvgIpc) is 2.73. The summed E-state index contributed by atoms with van der Waals surface area (Å²) in [4.78, 5) is 2.64. The van der Waals surface area contributed by atoms with Crippen LogP contribution in [0.4, 0.5) is 0 Å². The second kappa shape index (κ2) is 7.94. The minimum Gasteiger partial charge on any atom is -0.300 e. The molecule has 0 spiro atoms. The Labute approximate surface area is 162 Å². The lowest BCUT2D eigenvalue weighted by atomic mass is 9.98. The fraction of sp³-hybridized carbons (Fsp3) is 0.320. The lowest BCUT2D eigenvalue weighted by Crippen LogP contribution is -2.38. The lowest BCUT2D eigenvalue weighted by Gasteiger charge is -2.33. The van der Waals surface area contributed by atoms with Crippen molar-refractivity contribution < 1.29 is 0 Å². The first-order chi connectivity index (χ1) is 13.2. The maximum Gasteiger partial charge on any atom is 0.0991 e. The maximum absolute atomic E-state index is 8.95. The molecule has 1 heterocycles. The van der Waals surface area contributed by atoms with E-state index in [0.29, 0.717) is 5.56 Å². The Morgan fingerprint density at radius 3 is 2.44 bits per heavy atom. The molecule has 1 unspecified atom stereocenters. The molecular formula is C25H26N2. The summed E-state index contributed by atoms with van der Waals surface area (Å²) in [6.07, 6.45) is 5.20. The predicted octanol–water partition coefficient (Wildman–Crippen LogP) is 5.80. The Kier molecular flexibility index (Phi) is 5.23. The monoisotopic (exact) mass is 354 g/mol. The second-order valence-corrected chi connectivity index (χ2v) is 7.72. The first kappa shape index (κ1) is 17.8. The van der Waals surface area contributed by atoms with Gasteiger partial charge >= 0.3 is 0 Å². The molecule has 0 N–H and O–H groups in total. The van der Waals surface area contributed by atoms with E-state index in [0.717, 1.165) is 24.6 Å². The van der Waals surface area contributed by atoms with Crippen LogP contribution in [0, 0.1) is 11.3 Å². The molecule has 0 aromatic heterocycles. The highest BCUT2D eigenvalue weighted by Crippen LogP contribution is 2.26. The predicted molar refractivity (Wildman–Crippen MR) is 113 cm³/mol. The zero-order valence-electron chi connectivity index (χ0n) is 16.0. The molecule has 0 amide bonds. The first-order valence-electron chi connectivity index (χ1n) is 10.0. The molecule has 4 rings (SSSR count). The van der Waals surface area contributed by atoms with Crippen LogP contribution in [0.25, 0.3) is 21.9 Å². The van der Waals surface area contributed by atoms with Crippen molar-refractivity contribution in [2.75, 3.05) is 13.1 Å². The van der Waals surface area contributed by atoms with Crippen molar-refractivity contribution in [1.82, 2.24) is 4.90 Å². The van der Waals surface area contributed by atoms with Gasteiger partial charge in [-0.25, -0.2) is 0 Å². The first-order valence-corrected chi connectivity index (χ1v) is 10.0. The van der Waals surface area contributed by atoms with E-state index in [9.17, 15) is 0 Å². The normalized spacial score (nSPS) is 17.7. The van der Waals surface area contributed by atoms with E-state index >= 15 is 0 Å². The molecule has 0 bridgehead atoms. The summed E-state index contributed by atoms with van der Waals surface area (Å²) in [6, 6.07) is 24.2. The summed E-state index contributed by atoms with van der Waals surface area (Å²) in [5.74, 6) is 0. The van der Waals surface area contributed by atoms with Crippen LogP contribution >= 0.6 is 0 Å². The summed E-state index contributed by atoms with van der Waals surface area (Å²) in [7, 11) is 0. The van der Waals surface area contributed by atoms with E-state index in [-0.39, 0.29) is 0 Å². The van der Waals surface area contributed by atoms with Gasteiger partial charge in [-0.3, -0.25) is 0 Å². The molecule has 1 aliphatic heterocycles. The molecule has 2 heteroatoms. The number of hydrogen-bond acceptors (Lipinski definition) is 2. The highest BCUT2D eigenvalue weighted by atomic mass is 15.1. The molecule has 1 aliphatic rings. The standard InChI is InChI=1S/C25H26N2/c1-19-4-2-3-14-27(19)15-13-20-5-10-25-17-24(12-11-23(25)16-20)22-8-6-21(18-26)7-9-22/h5-12,16-17,19H,2-4,13-15H2,1H3. The van der Waals surface area contributed by atoms with Crippen LogP contribution in [0.15, 0.2) is 60.7 Å².